The van der Waals surface area contributed by atoms with Crippen molar-refractivity contribution in [3.8, 4) is 5.82 Å². The molecular weight excluding hydrogens is 441 g/mol. The number of rotatable bonds is 8. The minimum Gasteiger partial charge on any atom is -0.378 e. The number of hydrogen-bond acceptors (Lipinski definition) is 6. The van der Waals surface area contributed by atoms with Gasteiger partial charge in [-0.25, -0.2) is 9.67 Å². The van der Waals surface area contributed by atoms with Crippen molar-refractivity contribution in [1.29, 1.82) is 0 Å². The van der Waals surface area contributed by atoms with Gasteiger partial charge in [-0.1, -0.05) is 19.9 Å². The van der Waals surface area contributed by atoms with Gasteiger partial charge in [0.15, 0.2) is 5.82 Å². The first-order chi connectivity index (χ1) is 15.6. The molecule has 0 aliphatic carbocycles. The summed E-state index contributed by atoms with van der Waals surface area (Å²) in [5.74, 6) is 0.129. The maximum atomic E-state index is 12.8. The van der Waals surface area contributed by atoms with Crippen molar-refractivity contribution in [1.82, 2.24) is 20.1 Å². The van der Waals surface area contributed by atoms with Crippen molar-refractivity contribution >= 4 is 17.3 Å². The number of pyridine rings is 1. The number of aromatic nitrogens is 3. The van der Waals surface area contributed by atoms with Gasteiger partial charge in [-0.05, 0) is 30.2 Å². The molecule has 0 saturated carbocycles. The van der Waals surface area contributed by atoms with Gasteiger partial charge in [0.25, 0.3) is 11.6 Å². The molecule has 0 spiro atoms. The van der Waals surface area contributed by atoms with E-state index in [1.54, 1.807) is 29.1 Å². The molecule has 174 valence electrons. The first kappa shape index (κ1) is 23.7. The SMILES string of the molecule is CC(C)c1c(C(=O)NCCNc2ccc(C(F)(F)F)cc2[N+](=O)[O-])cnn1-c1ccccn1. The summed E-state index contributed by atoms with van der Waals surface area (Å²) in [6.07, 6.45) is -1.63. The predicted octanol–water partition coefficient (Wildman–Crippen LogP) is 4.16. The summed E-state index contributed by atoms with van der Waals surface area (Å²) in [5, 5.41) is 20.8. The molecular formula is C21H21F3N6O3. The lowest BCUT2D eigenvalue weighted by Crippen LogP contribution is -2.29. The van der Waals surface area contributed by atoms with Gasteiger partial charge < -0.3 is 10.6 Å². The number of nitro benzene ring substituents is 1. The fraction of sp³-hybridized carbons (Fsp3) is 0.286. The fourth-order valence-corrected chi connectivity index (χ4v) is 3.23. The van der Waals surface area contributed by atoms with Crippen LogP contribution in [0.1, 0.15) is 41.4 Å². The number of nitrogens with one attached hydrogen (secondary N) is 2. The van der Waals surface area contributed by atoms with Crippen LogP contribution >= 0.6 is 0 Å². The van der Waals surface area contributed by atoms with E-state index in [0.29, 0.717) is 23.1 Å². The number of halogens is 3. The second-order valence-electron chi connectivity index (χ2n) is 7.37. The lowest BCUT2D eigenvalue weighted by atomic mass is 10.1. The minimum atomic E-state index is -4.69. The van der Waals surface area contributed by atoms with Crippen molar-refractivity contribution in [2.75, 3.05) is 18.4 Å². The highest BCUT2D eigenvalue weighted by Gasteiger charge is 2.33. The van der Waals surface area contributed by atoms with Crippen LogP contribution in [0.25, 0.3) is 5.82 Å². The number of benzene rings is 1. The highest BCUT2D eigenvalue weighted by molar-refractivity contribution is 5.95. The third kappa shape index (κ3) is 5.45. The average molecular weight is 462 g/mol. The van der Waals surface area contributed by atoms with Crippen LogP contribution in [-0.4, -0.2) is 38.7 Å². The molecule has 0 aliphatic heterocycles. The molecule has 0 unspecified atom stereocenters. The summed E-state index contributed by atoms with van der Waals surface area (Å²) < 4.78 is 40.0. The molecule has 0 atom stereocenters. The van der Waals surface area contributed by atoms with Crippen LogP contribution in [0.2, 0.25) is 0 Å². The number of carbonyl (C=O) groups excluding carboxylic acids is 1. The number of amides is 1. The Balaban J connectivity index is 1.67. The van der Waals surface area contributed by atoms with Crippen LogP contribution in [0.4, 0.5) is 24.5 Å². The molecule has 2 N–H and O–H groups in total. The molecule has 1 aromatic carbocycles. The molecule has 0 fully saturated rings. The van der Waals surface area contributed by atoms with E-state index in [4.69, 9.17) is 0 Å². The zero-order valence-corrected chi connectivity index (χ0v) is 17.8. The zero-order valence-electron chi connectivity index (χ0n) is 17.8. The maximum absolute atomic E-state index is 12.8. The molecule has 1 amide bonds. The van der Waals surface area contributed by atoms with Gasteiger partial charge in [-0.3, -0.25) is 14.9 Å². The molecule has 9 nitrogen and oxygen atoms in total. The fourth-order valence-electron chi connectivity index (χ4n) is 3.23. The Bertz CT molecular complexity index is 1150. The first-order valence-corrected chi connectivity index (χ1v) is 9.96. The third-order valence-corrected chi connectivity index (χ3v) is 4.71. The van der Waals surface area contributed by atoms with E-state index in [1.165, 1.54) is 6.20 Å². The van der Waals surface area contributed by atoms with E-state index in [-0.39, 0.29) is 24.7 Å². The molecule has 3 rings (SSSR count). The summed E-state index contributed by atoms with van der Waals surface area (Å²) in [4.78, 5) is 27.2. The van der Waals surface area contributed by atoms with E-state index in [1.807, 2.05) is 13.8 Å². The summed E-state index contributed by atoms with van der Waals surface area (Å²) in [7, 11) is 0. The third-order valence-electron chi connectivity index (χ3n) is 4.71. The Morgan fingerprint density at radius 3 is 2.58 bits per heavy atom. The maximum Gasteiger partial charge on any atom is 0.416 e. The Labute approximate surface area is 186 Å². The van der Waals surface area contributed by atoms with Gasteiger partial charge in [-0.15, -0.1) is 0 Å². The van der Waals surface area contributed by atoms with E-state index in [0.717, 1.165) is 12.1 Å². The van der Waals surface area contributed by atoms with Gasteiger partial charge in [0, 0.05) is 25.4 Å². The smallest absolute Gasteiger partial charge is 0.378 e. The lowest BCUT2D eigenvalue weighted by Gasteiger charge is -2.13. The van der Waals surface area contributed by atoms with Crippen LogP contribution in [-0.2, 0) is 6.18 Å². The largest absolute Gasteiger partial charge is 0.416 e. The highest BCUT2D eigenvalue weighted by atomic mass is 19.4. The van der Waals surface area contributed by atoms with Crippen molar-refractivity contribution in [2.45, 2.75) is 25.9 Å². The Hall–Kier alpha value is -3.96. The number of nitrogens with zero attached hydrogens (tertiary/aromatic N) is 4. The Morgan fingerprint density at radius 1 is 1.21 bits per heavy atom. The molecule has 12 heteroatoms. The van der Waals surface area contributed by atoms with Crippen molar-refractivity contribution < 1.29 is 22.9 Å². The molecule has 2 heterocycles. The Morgan fingerprint density at radius 2 is 1.97 bits per heavy atom. The number of nitro groups is 1. The van der Waals surface area contributed by atoms with Gasteiger partial charge in [0.2, 0.25) is 0 Å². The second-order valence-corrected chi connectivity index (χ2v) is 7.37. The Kier molecular flexibility index (Phi) is 6.95. The molecule has 33 heavy (non-hydrogen) atoms. The first-order valence-electron chi connectivity index (χ1n) is 9.96. The summed E-state index contributed by atoms with van der Waals surface area (Å²) in [6, 6.07) is 7.57. The number of anilines is 1. The molecule has 0 saturated heterocycles. The number of alkyl halides is 3. The van der Waals surface area contributed by atoms with Crippen LogP contribution in [0, 0.1) is 10.1 Å². The topological polar surface area (TPSA) is 115 Å². The van der Waals surface area contributed by atoms with Crippen LogP contribution < -0.4 is 10.6 Å². The molecule has 3 aromatic rings. The van der Waals surface area contributed by atoms with Gasteiger partial charge in [0.05, 0.1) is 27.9 Å². The summed E-state index contributed by atoms with van der Waals surface area (Å²) in [6.45, 7) is 3.96. The zero-order chi connectivity index (χ0) is 24.2. The normalized spacial score (nSPS) is 11.5. The summed E-state index contributed by atoms with van der Waals surface area (Å²) in [5.41, 5.74) is -0.865. The van der Waals surface area contributed by atoms with Crippen molar-refractivity contribution in [2.24, 2.45) is 0 Å². The predicted molar refractivity (Wildman–Crippen MR) is 114 cm³/mol. The van der Waals surface area contributed by atoms with E-state index in [9.17, 15) is 28.1 Å². The second kappa shape index (κ2) is 9.67. The van der Waals surface area contributed by atoms with Gasteiger partial charge >= 0.3 is 6.18 Å². The van der Waals surface area contributed by atoms with Crippen LogP contribution in [0.5, 0.6) is 0 Å². The molecule has 2 aromatic heterocycles. The molecule has 0 aliphatic rings. The molecule has 0 radical (unpaired) electrons. The van der Waals surface area contributed by atoms with Crippen LogP contribution in [0.3, 0.4) is 0 Å². The highest BCUT2D eigenvalue weighted by Crippen LogP contribution is 2.34. The monoisotopic (exact) mass is 462 g/mol. The number of hydrogen-bond donors (Lipinski definition) is 2. The minimum absolute atomic E-state index is 0.0387. The van der Waals surface area contributed by atoms with Crippen molar-refractivity contribution in [3.05, 3.63) is 75.7 Å². The molecule has 0 bridgehead atoms. The quantitative estimate of drug-likeness (QED) is 0.295. The van der Waals surface area contributed by atoms with Crippen LogP contribution in [0.15, 0.2) is 48.8 Å². The van der Waals surface area contributed by atoms with Gasteiger partial charge in [-0.2, -0.15) is 18.3 Å². The van der Waals surface area contributed by atoms with E-state index >= 15 is 0 Å². The van der Waals surface area contributed by atoms with Gasteiger partial charge in [0.1, 0.15) is 5.69 Å². The standard InChI is InChI=1S/C21H21F3N6O3/c1-13(2)19-15(12-28-29(19)18-5-3-4-8-26-18)20(31)27-10-9-25-16-7-6-14(21(22,23)24)11-17(16)30(32)33/h3-8,11-13,25H,9-10H2,1-2H3,(H,27,31). The summed E-state index contributed by atoms with van der Waals surface area (Å²) >= 11 is 0. The number of carbonyl (C=O) groups is 1. The van der Waals surface area contributed by atoms with Crippen molar-refractivity contribution in [3.63, 3.8) is 0 Å². The average Bonchev–Trinajstić information content (AvgIpc) is 3.22. The lowest BCUT2D eigenvalue weighted by molar-refractivity contribution is -0.384. The van der Waals surface area contributed by atoms with E-state index in [2.05, 4.69) is 20.7 Å². The van der Waals surface area contributed by atoms with E-state index < -0.39 is 28.3 Å².